The number of benzene rings is 1. The van der Waals surface area contributed by atoms with Crippen LogP contribution in [0.1, 0.15) is 33.1 Å². The molecule has 1 aliphatic carbocycles. The van der Waals surface area contributed by atoms with E-state index in [0.29, 0.717) is 29.7 Å². The van der Waals surface area contributed by atoms with Crippen molar-refractivity contribution in [2.45, 2.75) is 49.4 Å². The summed E-state index contributed by atoms with van der Waals surface area (Å²) in [7, 11) is -3.53. The molecular weight excluding hydrogens is 296 g/mol. The van der Waals surface area contributed by atoms with Crippen molar-refractivity contribution in [1.29, 1.82) is 0 Å². The lowest BCUT2D eigenvalue weighted by Crippen LogP contribution is -2.41. The first-order valence-electron chi connectivity index (χ1n) is 7.00. The Kier molecular flexibility index (Phi) is 4.77. The van der Waals surface area contributed by atoms with E-state index >= 15 is 0 Å². The van der Waals surface area contributed by atoms with E-state index in [-0.39, 0.29) is 4.90 Å². The van der Waals surface area contributed by atoms with Crippen LogP contribution < -0.4 is 0 Å². The minimum atomic E-state index is -3.53. The van der Waals surface area contributed by atoms with Crippen LogP contribution in [0, 0.1) is 11.8 Å². The van der Waals surface area contributed by atoms with E-state index in [1.54, 1.807) is 18.2 Å². The van der Waals surface area contributed by atoms with Crippen LogP contribution in [0.25, 0.3) is 0 Å². The van der Waals surface area contributed by atoms with Gasteiger partial charge in [-0.05, 0) is 49.3 Å². The zero-order chi connectivity index (χ0) is 14.9. The Morgan fingerprint density at radius 2 is 2.00 bits per heavy atom. The summed E-state index contributed by atoms with van der Waals surface area (Å²) in [5.41, 5.74) is 0. The molecule has 1 fully saturated rings. The SMILES string of the molecule is CC(C)C1CCC(O)C(S(=O)(=O)c2cccc(Cl)c2)C1. The van der Waals surface area contributed by atoms with E-state index in [4.69, 9.17) is 11.6 Å². The number of aliphatic hydroxyl groups is 1. The fraction of sp³-hybridized carbons (Fsp3) is 0.600. The van der Waals surface area contributed by atoms with Gasteiger partial charge in [-0.3, -0.25) is 0 Å². The van der Waals surface area contributed by atoms with E-state index in [2.05, 4.69) is 13.8 Å². The van der Waals surface area contributed by atoms with E-state index in [0.717, 1.165) is 6.42 Å². The smallest absolute Gasteiger partial charge is 0.183 e. The van der Waals surface area contributed by atoms with Gasteiger partial charge < -0.3 is 5.11 Å². The first-order valence-corrected chi connectivity index (χ1v) is 8.92. The summed E-state index contributed by atoms with van der Waals surface area (Å²) in [6, 6.07) is 6.29. The molecule has 5 heteroatoms. The van der Waals surface area contributed by atoms with Crippen LogP contribution in [0.3, 0.4) is 0 Å². The van der Waals surface area contributed by atoms with Gasteiger partial charge in [0.25, 0.3) is 0 Å². The zero-order valence-corrected chi connectivity index (χ0v) is 13.4. The highest BCUT2D eigenvalue weighted by Crippen LogP contribution is 2.36. The Hall–Kier alpha value is -0.580. The average molecular weight is 317 g/mol. The number of rotatable bonds is 3. The molecule has 3 nitrogen and oxygen atoms in total. The molecule has 0 bridgehead atoms. The van der Waals surface area contributed by atoms with Gasteiger partial charge in [0.2, 0.25) is 0 Å². The molecule has 3 atom stereocenters. The van der Waals surface area contributed by atoms with Crippen LogP contribution in [0.5, 0.6) is 0 Å². The number of halogens is 1. The lowest BCUT2D eigenvalue weighted by molar-refractivity contribution is 0.0997. The molecule has 1 N–H and O–H groups in total. The van der Waals surface area contributed by atoms with E-state index in [9.17, 15) is 13.5 Å². The molecule has 20 heavy (non-hydrogen) atoms. The third kappa shape index (κ3) is 3.18. The van der Waals surface area contributed by atoms with Crippen LogP contribution in [0.4, 0.5) is 0 Å². The standard InChI is InChI=1S/C15H21ClO3S/c1-10(2)11-6-7-14(17)15(8-11)20(18,19)13-5-3-4-12(16)9-13/h3-5,9-11,14-15,17H,6-8H2,1-2H3. The Bertz CT molecular complexity index is 568. The molecule has 1 aromatic carbocycles. The highest BCUT2D eigenvalue weighted by molar-refractivity contribution is 7.92. The molecule has 0 heterocycles. The van der Waals surface area contributed by atoms with Crippen LogP contribution in [-0.2, 0) is 9.84 Å². The van der Waals surface area contributed by atoms with Crippen LogP contribution in [-0.4, -0.2) is 24.9 Å². The Morgan fingerprint density at radius 3 is 2.60 bits per heavy atom. The average Bonchev–Trinajstić information content (AvgIpc) is 2.38. The molecule has 0 saturated heterocycles. The molecule has 112 valence electrons. The molecule has 1 aromatic rings. The zero-order valence-electron chi connectivity index (χ0n) is 11.8. The summed E-state index contributed by atoms with van der Waals surface area (Å²) in [5, 5.41) is 9.80. The van der Waals surface area contributed by atoms with Crippen molar-refractivity contribution < 1.29 is 13.5 Å². The molecule has 0 amide bonds. The summed E-state index contributed by atoms with van der Waals surface area (Å²) in [5.74, 6) is 0.775. The predicted octanol–water partition coefficient (Wildman–Crippen LogP) is 3.30. The Balaban J connectivity index is 2.32. The van der Waals surface area contributed by atoms with Crippen molar-refractivity contribution in [1.82, 2.24) is 0 Å². The van der Waals surface area contributed by atoms with Gasteiger partial charge in [-0.15, -0.1) is 0 Å². The number of aliphatic hydroxyl groups excluding tert-OH is 1. The molecule has 3 unspecified atom stereocenters. The van der Waals surface area contributed by atoms with Crippen molar-refractivity contribution in [2.24, 2.45) is 11.8 Å². The number of hydrogen-bond acceptors (Lipinski definition) is 3. The summed E-state index contributed by atoms with van der Waals surface area (Å²) in [6.45, 7) is 4.21. The van der Waals surface area contributed by atoms with Crippen LogP contribution in [0.15, 0.2) is 29.2 Å². The normalized spacial score (nSPS) is 27.8. The molecule has 1 saturated carbocycles. The van der Waals surface area contributed by atoms with Gasteiger partial charge in [0.1, 0.15) is 0 Å². The third-order valence-corrected chi connectivity index (χ3v) is 6.71. The van der Waals surface area contributed by atoms with Crippen molar-refractivity contribution in [3.8, 4) is 0 Å². The van der Waals surface area contributed by atoms with Gasteiger partial charge in [-0.2, -0.15) is 0 Å². The molecule has 1 aliphatic rings. The summed E-state index contributed by atoms with van der Waals surface area (Å²) in [4.78, 5) is 0.207. The van der Waals surface area contributed by atoms with Gasteiger partial charge in [-0.25, -0.2) is 8.42 Å². The molecule has 0 aromatic heterocycles. The minimum absolute atomic E-state index is 0.207. The maximum atomic E-state index is 12.7. The summed E-state index contributed by atoms with van der Waals surface area (Å²) >= 11 is 5.88. The Morgan fingerprint density at radius 1 is 1.30 bits per heavy atom. The van der Waals surface area contributed by atoms with E-state index in [1.165, 1.54) is 6.07 Å². The highest BCUT2D eigenvalue weighted by atomic mass is 35.5. The fourth-order valence-corrected chi connectivity index (χ4v) is 5.12. The molecule has 0 spiro atoms. The second-order valence-electron chi connectivity index (χ2n) is 5.93. The fourth-order valence-electron chi connectivity index (χ4n) is 2.90. The van der Waals surface area contributed by atoms with Gasteiger partial charge in [0.15, 0.2) is 9.84 Å². The molecular formula is C15H21ClO3S. The predicted molar refractivity (Wildman–Crippen MR) is 80.6 cm³/mol. The van der Waals surface area contributed by atoms with Gasteiger partial charge in [0.05, 0.1) is 16.2 Å². The van der Waals surface area contributed by atoms with Gasteiger partial charge in [0, 0.05) is 5.02 Å². The second-order valence-corrected chi connectivity index (χ2v) is 8.53. The topological polar surface area (TPSA) is 54.4 Å². The van der Waals surface area contributed by atoms with Crippen LogP contribution >= 0.6 is 11.6 Å². The van der Waals surface area contributed by atoms with Crippen molar-refractivity contribution in [3.05, 3.63) is 29.3 Å². The monoisotopic (exact) mass is 316 g/mol. The summed E-state index contributed by atoms with van der Waals surface area (Å²) < 4.78 is 25.4. The first kappa shape index (κ1) is 15.8. The largest absolute Gasteiger partial charge is 0.392 e. The maximum absolute atomic E-state index is 12.7. The van der Waals surface area contributed by atoms with E-state index < -0.39 is 21.2 Å². The van der Waals surface area contributed by atoms with Gasteiger partial charge >= 0.3 is 0 Å². The van der Waals surface area contributed by atoms with Crippen molar-refractivity contribution in [2.75, 3.05) is 0 Å². The lowest BCUT2D eigenvalue weighted by atomic mass is 9.80. The molecule has 0 aliphatic heterocycles. The lowest BCUT2D eigenvalue weighted by Gasteiger charge is -2.34. The van der Waals surface area contributed by atoms with Crippen molar-refractivity contribution in [3.63, 3.8) is 0 Å². The minimum Gasteiger partial charge on any atom is -0.392 e. The first-order chi connectivity index (χ1) is 9.32. The van der Waals surface area contributed by atoms with E-state index in [1.807, 2.05) is 0 Å². The van der Waals surface area contributed by atoms with Crippen molar-refractivity contribution >= 4 is 21.4 Å². The van der Waals surface area contributed by atoms with Gasteiger partial charge in [-0.1, -0.05) is 31.5 Å². The Labute approximate surface area is 125 Å². The molecule has 2 rings (SSSR count). The quantitative estimate of drug-likeness (QED) is 0.931. The van der Waals surface area contributed by atoms with Crippen LogP contribution in [0.2, 0.25) is 5.02 Å². The maximum Gasteiger partial charge on any atom is 0.183 e. The second kappa shape index (κ2) is 6.04. The summed E-state index contributed by atoms with van der Waals surface area (Å²) in [6.07, 6.45) is 1.18. The highest BCUT2D eigenvalue weighted by Gasteiger charge is 2.39. The third-order valence-electron chi connectivity index (χ3n) is 4.26. The number of sulfone groups is 1. The molecule has 0 radical (unpaired) electrons. The number of hydrogen-bond donors (Lipinski definition) is 1.